The molecule has 0 radical (unpaired) electrons. The molecule has 1 N–H and O–H groups in total. The Labute approximate surface area is 112 Å². The second-order valence-electron chi connectivity index (χ2n) is 4.06. The van der Waals surface area contributed by atoms with E-state index < -0.39 is 6.09 Å². The third-order valence-electron chi connectivity index (χ3n) is 2.53. The Kier molecular flexibility index (Phi) is 4.03. The molecular weight excluding hydrogens is 242 g/mol. The van der Waals surface area contributed by atoms with Crippen LogP contribution in [0.1, 0.15) is 5.56 Å². The maximum Gasteiger partial charge on any atom is 0.417 e. The normalized spacial score (nSPS) is 9.79. The summed E-state index contributed by atoms with van der Waals surface area (Å²) in [7, 11) is 1.58. The number of carbonyl (C=O) groups excluding carboxylic acids is 1. The highest BCUT2D eigenvalue weighted by molar-refractivity contribution is 5.86. The maximum atomic E-state index is 11.7. The van der Waals surface area contributed by atoms with Gasteiger partial charge in [-0.2, -0.15) is 0 Å². The van der Waals surface area contributed by atoms with Crippen molar-refractivity contribution in [3.63, 3.8) is 0 Å². The molecule has 2 aromatic rings. The summed E-state index contributed by atoms with van der Waals surface area (Å²) in [5, 5.41) is 2.67. The maximum absolute atomic E-state index is 11.7. The van der Waals surface area contributed by atoms with Crippen molar-refractivity contribution in [2.24, 2.45) is 0 Å². The number of amides is 1. The number of anilines is 1. The summed E-state index contributed by atoms with van der Waals surface area (Å²) in [4.78, 5) is 11.7. The Balaban J connectivity index is 1.97. The van der Waals surface area contributed by atoms with Gasteiger partial charge in [-0.1, -0.05) is 12.1 Å². The predicted octanol–water partition coefficient (Wildman–Crippen LogP) is 3.61. The molecule has 2 rings (SSSR count). The molecule has 4 heteroatoms. The summed E-state index contributed by atoms with van der Waals surface area (Å²) in [6.45, 7) is 1.96. The minimum atomic E-state index is -0.518. The molecule has 4 nitrogen and oxygen atoms in total. The fourth-order valence-corrected chi connectivity index (χ4v) is 1.62. The number of rotatable bonds is 3. The molecule has 0 saturated heterocycles. The van der Waals surface area contributed by atoms with Crippen LogP contribution >= 0.6 is 0 Å². The summed E-state index contributed by atoms with van der Waals surface area (Å²) >= 11 is 0. The van der Waals surface area contributed by atoms with Crippen LogP contribution in [0.5, 0.6) is 11.5 Å². The van der Waals surface area contributed by atoms with Crippen LogP contribution in [0.25, 0.3) is 0 Å². The van der Waals surface area contributed by atoms with E-state index in [0.717, 1.165) is 5.56 Å². The van der Waals surface area contributed by atoms with Crippen molar-refractivity contribution in [2.45, 2.75) is 6.92 Å². The van der Waals surface area contributed by atoms with E-state index in [1.54, 1.807) is 31.4 Å². The number of methoxy groups -OCH3 is 1. The first-order valence-corrected chi connectivity index (χ1v) is 5.87. The van der Waals surface area contributed by atoms with Gasteiger partial charge in [0, 0.05) is 5.69 Å². The number of aryl methyl sites for hydroxylation is 1. The first-order chi connectivity index (χ1) is 9.17. The first kappa shape index (κ1) is 13.0. The molecule has 0 aliphatic carbocycles. The zero-order chi connectivity index (χ0) is 13.7. The highest BCUT2D eigenvalue weighted by Crippen LogP contribution is 2.18. The second-order valence-corrected chi connectivity index (χ2v) is 4.06. The van der Waals surface area contributed by atoms with Gasteiger partial charge in [-0.25, -0.2) is 4.79 Å². The molecule has 1 amide bonds. The minimum absolute atomic E-state index is 0.464. The molecule has 0 fully saturated rings. The van der Waals surface area contributed by atoms with E-state index >= 15 is 0 Å². The molecule has 0 bridgehead atoms. The summed E-state index contributed by atoms with van der Waals surface area (Å²) in [5.74, 6) is 1.18. The van der Waals surface area contributed by atoms with Gasteiger partial charge in [-0.05, 0) is 48.9 Å². The lowest BCUT2D eigenvalue weighted by molar-refractivity contribution is 0.215. The van der Waals surface area contributed by atoms with E-state index in [9.17, 15) is 4.79 Å². The monoisotopic (exact) mass is 257 g/mol. The summed E-state index contributed by atoms with van der Waals surface area (Å²) < 4.78 is 10.2. The van der Waals surface area contributed by atoms with Crippen LogP contribution < -0.4 is 14.8 Å². The molecule has 0 unspecified atom stereocenters. The van der Waals surface area contributed by atoms with Crippen molar-refractivity contribution in [3.05, 3.63) is 54.1 Å². The van der Waals surface area contributed by atoms with Gasteiger partial charge in [0.25, 0.3) is 0 Å². The fourth-order valence-electron chi connectivity index (χ4n) is 1.62. The smallest absolute Gasteiger partial charge is 0.417 e. The lowest BCUT2D eigenvalue weighted by Crippen LogP contribution is -2.16. The van der Waals surface area contributed by atoms with E-state index in [1.165, 1.54) is 0 Å². The topological polar surface area (TPSA) is 47.6 Å². The highest BCUT2D eigenvalue weighted by Gasteiger charge is 2.05. The van der Waals surface area contributed by atoms with Crippen molar-refractivity contribution in [1.29, 1.82) is 0 Å². The second kappa shape index (κ2) is 5.91. The van der Waals surface area contributed by atoms with Gasteiger partial charge in [0.15, 0.2) is 0 Å². The average Bonchev–Trinajstić information content (AvgIpc) is 2.39. The van der Waals surface area contributed by atoms with Gasteiger partial charge in [0.05, 0.1) is 7.11 Å². The summed E-state index contributed by atoms with van der Waals surface area (Å²) in [6.07, 6.45) is -0.518. The third-order valence-corrected chi connectivity index (χ3v) is 2.53. The lowest BCUT2D eigenvalue weighted by Gasteiger charge is -2.07. The molecule has 0 aliphatic heterocycles. The van der Waals surface area contributed by atoms with Crippen LogP contribution in [0.15, 0.2) is 48.5 Å². The average molecular weight is 257 g/mol. The summed E-state index contributed by atoms with van der Waals surface area (Å²) in [5.41, 5.74) is 1.78. The first-order valence-electron chi connectivity index (χ1n) is 5.87. The minimum Gasteiger partial charge on any atom is -0.497 e. The molecule has 0 heterocycles. The number of ether oxygens (including phenoxy) is 2. The van der Waals surface area contributed by atoms with Gasteiger partial charge >= 0.3 is 6.09 Å². The van der Waals surface area contributed by atoms with E-state index in [4.69, 9.17) is 9.47 Å². The number of benzene rings is 2. The zero-order valence-corrected chi connectivity index (χ0v) is 10.8. The van der Waals surface area contributed by atoms with Gasteiger partial charge in [-0.3, -0.25) is 5.32 Å². The van der Waals surface area contributed by atoms with Gasteiger partial charge in [0.2, 0.25) is 0 Å². The van der Waals surface area contributed by atoms with Crippen molar-refractivity contribution >= 4 is 11.8 Å². The molecule has 2 aromatic carbocycles. The fraction of sp³-hybridized carbons (Fsp3) is 0.133. The number of carbonyl (C=O) groups is 1. The van der Waals surface area contributed by atoms with E-state index in [-0.39, 0.29) is 0 Å². The Bertz CT molecular complexity index is 564. The van der Waals surface area contributed by atoms with E-state index in [0.29, 0.717) is 17.2 Å². The van der Waals surface area contributed by atoms with Gasteiger partial charge < -0.3 is 9.47 Å². The predicted molar refractivity (Wildman–Crippen MR) is 73.8 cm³/mol. The SMILES string of the molecule is COc1ccc(OC(=O)Nc2cccc(C)c2)cc1. The standard InChI is InChI=1S/C15H15NO3/c1-11-4-3-5-12(10-11)16-15(17)19-14-8-6-13(18-2)7-9-14/h3-10H,1-2H3,(H,16,17). The van der Waals surface area contributed by atoms with Crippen molar-refractivity contribution in [3.8, 4) is 11.5 Å². The molecule has 0 aliphatic rings. The van der Waals surface area contributed by atoms with Crippen LogP contribution in [0.2, 0.25) is 0 Å². The Morgan fingerprint density at radius 3 is 2.37 bits per heavy atom. The number of nitrogens with one attached hydrogen (secondary N) is 1. The molecule has 0 aromatic heterocycles. The molecule has 0 atom stereocenters. The van der Waals surface area contributed by atoms with Crippen LogP contribution in [-0.2, 0) is 0 Å². The molecule has 98 valence electrons. The Morgan fingerprint density at radius 2 is 1.74 bits per heavy atom. The van der Waals surface area contributed by atoms with Crippen LogP contribution in [-0.4, -0.2) is 13.2 Å². The zero-order valence-electron chi connectivity index (χ0n) is 10.8. The summed E-state index contributed by atoms with van der Waals surface area (Å²) in [6, 6.07) is 14.3. The van der Waals surface area contributed by atoms with Crippen LogP contribution in [0.4, 0.5) is 10.5 Å². The van der Waals surface area contributed by atoms with Crippen LogP contribution in [0, 0.1) is 6.92 Å². The van der Waals surface area contributed by atoms with Crippen LogP contribution in [0.3, 0.4) is 0 Å². The van der Waals surface area contributed by atoms with Gasteiger partial charge in [-0.15, -0.1) is 0 Å². The molecular formula is C15H15NO3. The molecule has 0 saturated carbocycles. The Morgan fingerprint density at radius 1 is 1.05 bits per heavy atom. The highest BCUT2D eigenvalue weighted by atomic mass is 16.6. The third kappa shape index (κ3) is 3.74. The van der Waals surface area contributed by atoms with Crippen molar-refractivity contribution in [1.82, 2.24) is 0 Å². The molecule has 0 spiro atoms. The Hall–Kier alpha value is -2.49. The van der Waals surface area contributed by atoms with Crippen molar-refractivity contribution in [2.75, 3.05) is 12.4 Å². The number of hydrogen-bond acceptors (Lipinski definition) is 3. The number of hydrogen-bond donors (Lipinski definition) is 1. The van der Waals surface area contributed by atoms with Gasteiger partial charge in [0.1, 0.15) is 11.5 Å². The van der Waals surface area contributed by atoms with E-state index in [2.05, 4.69) is 5.32 Å². The lowest BCUT2D eigenvalue weighted by atomic mass is 10.2. The largest absolute Gasteiger partial charge is 0.497 e. The quantitative estimate of drug-likeness (QED) is 0.913. The van der Waals surface area contributed by atoms with E-state index in [1.807, 2.05) is 31.2 Å². The van der Waals surface area contributed by atoms with Crippen molar-refractivity contribution < 1.29 is 14.3 Å². The molecule has 19 heavy (non-hydrogen) atoms.